The second kappa shape index (κ2) is 7.16. The van der Waals surface area contributed by atoms with E-state index in [1.807, 2.05) is 36.4 Å². The van der Waals surface area contributed by atoms with Crippen LogP contribution < -0.4 is 0 Å². The maximum Gasteiger partial charge on any atom is 0.348 e. The first-order valence-corrected chi connectivity index (χ1v) is 8.41. The lowest BCUT2D eigenvalue weighted by atomic mass is 9.86. The van der Waals surface area contributed by atoms with E-state index in [9.17, 15) is 9.90 Å². The van der Waals surface area contributed by atoms with Gasteiger partial charge in [-0.25, -0.2) is 4.79 Å². The van der Waals surface area contributed by atoms with Gasteiger partial charge in [0.2, 0.25) is 5.60 Å². The average Bonchev–Trinajstić information content (AvgIpc) is 3.10. The van der Waals surface area contributed by atoms with E-state index in [0.29, 0.717) is 11.1 Å². The highest BCUT2D eigenvalue weighted by molar-refractivity contribution is 5.85. The zero-order valence-corrected chi connectivity index (χ0v) is 13.9. The van der Waals surface area contributed by atoms with Crippen LogP contribution in [0.15, 0.2) is 60.7 Å². The summed E-state index contributed by atoms with van der Waals surface area (Å²) in [4.78, 5) is 15.2. The molecule has 0 radical (unpaired) electrons. The van der Waals surface area contributed by atoms with Crippen LogP contribution in [0.5, 0.6) is 0 Å². The normalized spacial score (nSPS) is 18.5. The molecular weight excluding hydrogens is 302 g/mol. The summed E-state index contributed by atoms with van der Waals surface area (Å²) in [5, 5.41) is 11.3. The zero-order valence-electron chi connectivity index (χ0n) is 13.9. The predicted molar refractivity (Wildman–Crippen MR) is 92.5 cm³/mol. The smallest absolute Gasteiger partial charge is 0.348 e. The molecule has 24 heavy (non-hydrogen) atoms. The van der Waals surface area contributed by atoms with E-state index in [4.69, 9.17) is 4.74 Å². The van der Waals surface area contributed by atoms with Crippen molar-refractivity contribution < 1.29 is 14.6 Å². The first-order chi connectivity index (χ1) is 11.6. The Hall–Kier alpha value is -2.17. The Morgan fingerprint density at radius 3 is 2.12 bits per heavy atom. The Morgan fingerprint density at radius 2 is 1.67 bits per heavy atom. The number of likely N-dealkylation sites (tertiary alicyclic amines) is 1. The van der Waals surface area contributed by atoms with Crippen molar-refractivity contribution in [2.45, 2.75) is 25.0 Å². The molecule has 0 spiro atoms. The van der Waals surface area contributed by atoms with Gasteiger partial charge in [-0.3, -0.25) is 4.90 Å². The van der Waals surface area contributed by atoms with Gasteiger partial charge in [-0.15, -0.1) is 0 Å². The van der Waals surface area contributed by atoms with Crippen LogP contribution in [0.4, 0.5) is 0 Å². The largest absolute Gasteiger partial charge is 0.458 e. The number of carbonyl (C=O) groups excluding carboxylic acids is 1. The third-order valence-electron chi connectivity index (χ3n) is 4.63. The van der Waals surface area contributed by atoms with Crippen molar-refractivity contribution in [2.24, 2.45) is 0 Å². The van der Waals surface area contributed by atoms with Crippen LogP contribution in [0.1, 0.15) is 24.5 Å². The van der Waals surface area contributed by atoms with Crippen molar-refractivity contribution in [3.8, 4) is 0 Å². The number of carbonyl (C=O) groups is 1. The lowest BCUT2D eigenvalue weighted by Gasteiger charge is -2.28. The molecule has 126 valence electrons. The second-order valence-corrected chi connectivity index (χ2v) is 6.15. The molecule has 1 N–H and O–H groups in total. The molecule has 0 aliphatic carbocycles. The quantitative estimate of drug-likeness (QED) is 0.859. The molecule has 4 heteroatoms. The van der Waals surface area contributed by atoms with E-state index in [0.717, 1.165) is 26.1 Å². The number of likely N-dealkylation sites (N-methyl/N-ethyl adjacent to an activating group) is 1. The van der Waals surface area contributed by atoms with E-state index in [2.05, 4.69) is 11.8 Å². The Balaban J connectivity index is 1.89. The molecule has 2 aromatic rings. The number of rotatable bonds is 5. The minimum atomic E-state index is -1.79. The highest BCUT2D eigenvalue weighted by Gasteiger charge is 2.43. The fourth-order valence-corrected chi connectivity index (χ4v) is 3.18. The molecule has 1 atom stereocenters. The molecule has 1 saturated heterocycles. The van der Waals surface area contributed by atoms with Gasteiger partial charge >= 0.3 is 5.97 Å². The van der Waals surface area contributed by atoms with Crippen LogP contribution in [-0.2, 0) is 15.1 Å². The summed E-state index contributed by atoms with van der Waals surface area (Å²) in [7, 11) is 0. The maximum absolute atomic E-state index is 12.9. The second-order valence-electron chi connectivity index (χ2n) is 6.15. The van der Waals surface area contributed by atoms with Gasteiger partial charge in [0.05, 0.1) is 0 Å². The molecule has 0 bridgehead atoms. The minimum Gasteiger partial charge on any atom is -0.458 e. The van der Waals surface area contributed by atoms with Gasteiger partial charge in [0.15, 0.2) is 0 Å². The highest BCUT2D eigenvalue weighted by atomic mass is 16.6. The summed E-state index contributed by atoms with van der Waals surface area (Å²) in [5.74, 6) is -0.608. The van der Waals surface area contributed by atoms with E-state index >= 15 is 0 Å². The predicted octanol–water partition coefficient (Wildman–Crippen LogP) is 2.56. The summed E-state index contributed by atoms with van der Waals surface area (Å²) in [6, 6.07) is 18.0. The summed E-state index contributed by atoms with van der Waals surface area (Å²) in [5.41, 5.74) is -0.750. The molecule has 1 heterocycles. The third kappa shape index (κ3) is 3.21. The van der Waals surface area contributed by atoms with Crippen LogP contribution in [0.2, 0.25) is 0 Å². The van der Waals surface area contributed by atoms with Crippen LogP contribution in [-0.4, -0.2) is 41.7 Å². The topological polar surface area (TPSA) is 49.8 Å². The van der Waals surface area contributed by atoms with E-state index in [1.54, 1.807) is 24.3 Å². The van der Waals surface area contributed by atoms with Gasteiger partial charge in [0.25, 0.3) is 0 Å². The fraction of sp³-hybridized carbons (Fsp3) is 0.350. The van der Waals surface area contributed by atoms with Crippen LogP contribution in [0.25, 0.3) is 0 Å². The molecule has 4 nitrogen and oxygen atoms in total. The Kier molecular flexibility index (Phi) is 4.97. The van der Waals surface area contributed by atoms with Crippen molar-refractivity contribution >= 4 is 5.97 Å². The molecule has 0 aromatic heterocycles. The molecule has 1 aliphatic rings. The summed E-state index contributed by atoms with van der Waals surface area (Å²) in [6.45, 7) is 4.68. The number of nitrogens with zero attached hydrogens (tertiary/aromatic N) is 1. The van der Waals surface area contributed by atoms with Crippen molar-refractivity contribution in [3.63, 3.8) is 0 Å². The van der Waals surface area contributed by atoms with E-state index < -0.39 is 11.6 Å². The molecule has 0 saturated carbocycles. The van der Waals surface area contributed by atoms with Crippen molar-refractivity contribution in [2.75, 3.05) is 19.6 Å². The van der Waals surface area contributed by atoms with Crippen LogP contribution >= 0.6 is 0 Å². The summed E-state index contributed by atoms with van der Waals surface area (Å²) in [6.07, 6.45) is 0.635. The molecular formula is C20H23NO3. The number of hydrogen-bond acceptors (Lipinski definition) is 4. The van der Waals surface area contributed by atoms with Gasteiger partial charge in [0.1, 0.15) is 6.10 Å². The Bertz CT molecular complexity index is 632. The van der Waals surface area contributed by atoms with Gasteiger partial charge in [-0.2, -0.15) is 0 Å². The van der Waals surface area contributed by atoms with Gasteiger partial charge in [-0.05, 0) is 24.1 Å². The Labute approximate surface area is 142 Å². The SMILES string of the molecule is CCN1CC[C@@H](OC(=O)C(O)(c2ccccc2)c2ccccc2)C1. The lowest BCUT2D eigenvalue weighted by Crippen LogP contribution is -2.41. The van der Waals surface area contributed by atoms with Gasteiger partial charge in [-0.1, -0.05) is 67.6 Å². The summed E-state index contributed by atoms with van der Waals surface area (Å²) >= 11 is 0. The highest BCUT2D eigenvalue weighted by Crippen LogP contribution is 2.32. The lowest BCUT2D eigenvalue weighted by molar-refractivity contribution is -0.167. The van der Waals surface area contributed by atoms with Gasteiger partial charge in [0, 0.05) is 13.1 Å². The first kappa shape index (κ1) is 16.7. The monoisotopic (exact) mass is 325 g/mol. The number of ether oxygens (including phenoxy) is 1. The number of esters is 1. The molecule has 1 aliphatic heterocycles. The minimum absolute atomic E-state index is 0.170. The molecule has 2 aromatic carbocycles. The van der Waals surface area contributed by atoms with Crippen LogP contribution in [0.3, 0.4) is 0 Å². The average molecular weight is 325 g/mol. The Morgan fingerprint density at radius 1 is 1.12 bits per heavy atom. The molecule has 3 rings (SSSR count). The summed E-state index contributed by atoms with van der Waals surface area (Å²) < 4.78 is 5.69. The van der Waals surface area contributed by atoms with Gasteiger partial charge < -0.3 is 9.84 Å². The maximum atomic E-state index is 12.9. The van der Waals surface area contributed by atoms with E-state index in [-0.39, 0.29) is 6.10 Å². The number of hydrogen-bond donors (Lipinski definition) is 1. The van der Waals surface area contributed by atoms with E-state index in [1.165, 1.54) is 0 Å². The standard InChI is InChI=1S/C20H23NO3/c1-2-21-14-13-18(15-21)24-19(22)20(23,16-9-5-3-6-10-16)17-11-7-4-8-12-17/h3-12,18,23H,2,13-15H2,1H3/t18-/m1/s1. The number of aliphatic hydroxyl groups is 1. The van der Waals surface area contributed by atoms with Crippen molar-refractivity contribution in [1.29, 1.82) is 0 Å². The fourth-order valence-electron chi connectivity index (χ4n) is 3.18. The van der Waals surface area contributed by atoms with Crippen molar-refractivity contribution in [3.05, 3.63) is 71.8 Å². The molecule has 0 amide bonds. The van der Waals surface area contributed by atoms with Crippen molar-refractivity contribution in [1.82, 2.24) is 4.90 Å². The third-order valence-corrected chi connectivity index (χ3v) is 4.63. The zero-order chi connectivity index (χ0) is 17.0. The molecule has 1 fully saturated rings. The van der Waals surface area contributed by atoms with Crippen LogP contribution in [0, 0.1) is 0 Å². The molecule has 0 unspecified atom stereocenters. The first-order valence-electron chi connectivity index (χ1n) is 8.41. The number of benzene rings is 2.